The van der Waals surface area contributed by atoms with E-state index in [1.54, 1.807) is 31.2 Å². The molecule has 0 unspecified atom stereocenters. The molecular weight excluding hydrogens is 262 g/mol. The number of phenolic OH excluding ortho intramolecular Hbond substituents is 1. The Balaban J connectivity index is 2.39. The van der Waals surface area contributed by atoms with Gasteiger partial charge in [0.2, 0.25) is 0 Å². The zero-order chi connectivity index (χ0) is 14.0. The highest BCUT2D eigenvalue weighted by molar-refractivity contribution is 7.92. The Morgan fingerprint density at radius 2 is 1.63 bits per heavy atom. The molecule has 0 aliphatic carbocycles. The molecule has 0 amide bonds. The number of benzene rings is 2. The molecule has 0 saturated heterocycles. The largest absolute Gasteiger partial charge is 0.506 e. The summed E-state index contributed by atoms with van der Waals surface area (Å²) < 4.78 is 26.8. The van der Waals surface area contributed by atoms with Crippen LogP contribution in [0.5, 0.6) is 5.75 Å². The number of nitrogens with one attached hydrogen (secondary N) is 1. The average molecular weight is 277 g/mol. The number of rotatable bonds is 3. The first-order valence-electron chi connectivity index (χ1n) is 5.78. The predicted molar refractivity (Wildman–Crippen MR) is 74.8 cm³/mol. The van der Waals surface area contributed by atoms with Crippen LogP contribution in [0.1, 0.15) is 11.1 Å². The highest BCUT2D eigenvalue weighted by Gasteiger charge is 2.16. The smallest absolute Gasteiger partial charge is 0.262 e. The maximum Gasteiger partial charge on any atom is 0.262 e. The first-order chi connectivity index (χ1) is 8.90. The third-order valence-corrected chi connectivity index (χ3v) is 4.18. The minimum absolute atomic E-state index is 0.0873. The SMILES string of the molecule is Cc1ccc(S(=O)(=O)Nc2c(C)cccc2O)cc1. The van der Waals surface area contributed by atoms with Crippen molar-refractivity contribution in [2.24, 2.45) is 0 Å². The second kappa shape index (κ2) is 4.93. The fourth-order valence-electron chi connectivity index (χ4n) is 1.70. The first-order valence-corrected chi connectivity index (χ1v) is 7.26. The van der Waals surface area contributed by atoms with Gasteiger partial charge in [-0.05, 0) is 37.6 Å². The summed E-state index contributed by atoms with van der Waals surface area (Å²) >= 11 is 0. The van der Waals surface area contributed by atoms with Gasteiger partial charge < -0.3 is 5.11 Å². The molecule has 0 bridgehead atoms. The van der Waals surface area contributed by atoms with Crippen LogP contribution in [0.25, 0.3) is 0 Å². The summed E-state index contributed by atoms with van der Waals surface area (Å²) in [6, 6.07) is 11.4. The predicted octanol–water partition coefficient (Wildman–Crippen LogP) is 2.81. The molecule has 0 saturated carbocycles. The second-order valence-corrected chi connectivity index (χ2v) is 6.07. The van der Waals surface area contributed by atoms with Crippen LogP contribution in [0, 0.1) is 13.8 Å². The van der Waals surface area contributed by atoms with Gasteiger partial charge in [0.25, 0.3) is 10.0 Å². The lowest BCUT2D eigenvalue weighted by Crippen LogP contribution is -2.13. The van der Waals surface area contributed by atoms with E-state index in [-0.39, 0.29) is 16.3 Å². The molecule has 2 aromatic rings. The summed E-state index contributed by atoms with van der Waals surface area (Å²) in [5.74, 6) is -0.0873. The molecule has 0 aliphatic heterocycles. The maximum absolute atomic E-state index is 12.2. The summed E-state index contributed by atoms with van der Waals surface area (Å²) in [6.45, 7) is 3.61. The molecule has 0 fully saturated rings. The van der Waals surface area contributed by atoms with Gasteiger partial charge >= 0.3 is 0 Å². The van der Waals surface area contributed by atoms with E-state index in [1.165, 1.54) is 18.2 Å². The van der Waals surface area contributed by atoms with Crippen LogP contribution in [0.3, 0.4) is 0 Å². The topological polar surface area (TPSA) is 66.4 Å². The van der Waals surface area contributed by atoms with Crippen LogP contribution in [0.2, 0.25) is 0 Å². The minimum atomic E-state index is -3.69. The number of hydrogen-bond acceptors (Lipinski definition) is 3. The van der Waals surface area contributed by atoms with Gasteiger partial charge in [-0.15, -0.1) is 0 Å². The third kappa shape index (κ3) is 2.88. The van der Waals surface area contributed by atoms with Gasteiger partial charge in [0.1, 0.15) is 5.75 Å². The number of hydrogen-bond donors (Lipinski definition) is 2. The molecule has 0 aromatic heterocycles. The van der Waals surface area contributed by atoms with Crippen LogP contribution in [0.15, 0.2) is 47.4 Å². The summed E-state index contributed by atoms with van der Waals surface area (Å²) in [5.41, 5.74) is 1.86. The van der Waals surface area contributed by atoms with Crippen molar-refractivity contribution in [2.75, 3.05) is 4.72 Å². The number of aryl methyl sites for hydroxylation is 2. The highest BCUT2D eigenvalue weighted by Crippen LogP contribution is 2.28. The van der Waals surface area contributed by atoms with Crippen molar-refractivity contribution >= 4 is 15.7 Å². The third-order valence-electron chi connectivity index (χ3n) is 2.82. The lowest BCUT2D eigenvalue weighted by atomic mass is 10.2. The Bertz CT molecular complexity index is 671. The maximum atomic E-state index is 12.2. The van der Waals surface area contributed by atoms with E-state index in [2.05, 4.69) is 4.72 Å². The standard InChI is InChI=1S/C14H15NO3S/c1-10-6-8-12(9-7-10)19(17,18)15-14-11(2)4-3-5-13(14)16/h3-9,15-16H,1-2H3. The molecular formula is C14H15NO3S. The highest BCUT2D eigenvalue weighted by atomic mass is 32.2. The van der Waals surface area contributed by atoms with Crippen LogP contribution < -0.4 is 4.72 Å². The minimum Gasteiger partial charge on any atom is -0.506 e. The number of para-hydroxylation sites is 1. The van der Waals surface area contributed by atoms with Crippen molar-refractivity contribution in [3.8, 4) is 5.75 Å². The Labute approximate surface area is 112 Å². The fourth-order valence-corrected chi connectivity index (χ4v) is 2.84. The van der Waals surface area contributed by atoms with E-state index < -0.39 is 10.0 Å². The van der Waals surface area contributed by atoms with Gasteiger partial charge in [0, 0.05) is 0 Å². The van der Waals surface area contributed by atoms with Crippen molar-refractivity contribution in [1.29, 1.82) is 0 Å². The van der Waals surface area contributed by atoms with Crippen molar-refractivity contribution in [3.05, 3.63) is 53.6 Å². The summed E-state index contributed by atoms with van der Waals surface area (Å²) in [4.78, 5) is 0.167. The lowest BCUT2D eigenvalue weighted by Gasteiger charge is -2.12. The summed E-state index contributed by atoms with van der Waals surface area (Å²) in [5, 5.41) is 9.72. The van der Waals surface area contributed by atoms with Crippen molar-refractivity contribution in [1.82, 2.24) is 0 Å². The van der Waals surface area contributed by atoms with E-state index in [0.717, 1.165) is 5.56 Å². The van der Waals surface area contributed by atoms with Gasteiger partial charge in [-0.25, -0.2) is 8.42 Å². The number of phenols is 1. The monoisotopic (exact) mass is 277 g/mol. The number of sulfonamides is 1. The number of aromatic hydroxyl groups is 1. The fraction of sp³-hybridized carbons (Fsp3) is 0.143. The van der Waals surface area contributed by atoms with E-state index >= 15 is 0 Å². The zero-order valence-electron chi connectivity index (χ0n) is 10.7. The molecule has 100 valence electrons. The Hall–Kier alpha value is -2.01. The van der Waals surface area contributed by atoms with E-state index in [4.69, 9.17) is 0 Å². The molecule has 2 aromatic carbocycles. The second-order valence-electron chi connectivity index (χ2n) is 4.39. The Morgan fingerprint density at radius 3 is 2.21 bits per heavy atom. The van der Waals surface area contributed by atoms with Gasteiger partial charge in [-0.1, -0.05) is 29.8 Å². The van der Waals surface area contributed by atoms with Crippen molar-refractivity contribution < 1.29 is 13.5 Å². The van der Waals surface area contributed by atoms with Gasteiger partial charge in [-0.2, -0.15) is 0 Å². The first kappa shape index (κ1) is 13.4. The molecule has 0 spiro atoms. The van der Waals surface area contributed by atoms with Crippen LogP contribution in [-0.2, 0) is 10.0 Å². The van der Waals surface area contributed by atoms with Gasteiger partial charge in [-0.3, -0.25) is 4.72 Å². The van der Waals surface area contributed by atoms with Gasteiger partial charge in [0.15, 0.2) is 0 Å². The molecule has 2 rings (SSSR count). The van der Waals surface area contributed by atoms with Gasteiger partial charge in [0.05, 0.1) is 10.6 Å². The molecule has 2 N–H and O–H groups in total. The van der Waals surface area contributed by atoms with Crippen LogP contribution >= 0.6 is 0 Å². The molecule has 0 aliphatic rings. The lowest BCUT2D eigenvalue weighted by molar-refractivity contribution is 0.477. The van der Waals surface area contributed by atoms with Crippen molar-refractivity contribution in [3.63, 3.8) is 0 Å². The normalized spacial score (nSPS) is 11.3. The molecule has 0 atom stereocenters. The zero-order valence-corrected chi connectivity index (χ0v) is 11.5. The molecule has 4 nitrogen and oxygen atoms in total. The summed E-state index contributed by atoms with van der Waals surface area (Å²) in [7, 11) is -3.69. The van der Waals surface area contributed by atoms with Crippen molar-refractivity contribution in [2.45, 2.75) is 18.7 Å². The Kier molecular flexibility index (Phi) is 3.48. The van der Waals surface area contributed by atoms with Crippen LogP contribution in [0.4, 0.5) is 5.69 Å². The Morgan fingerprint density at radius 1 is 1.00 bits per heavy atom. The molecule has 5 heteroatoms. The molecule has 19 heavy (non-hydrogen) atoms. The average Bonchev–Trinajstić information content (AvgIpc) is 2.35. The molecule has 0 radical (unpaired) electrons. The quantitative estimate of drug-likeness (QED) is 0.848. The van der Waals surface area contributed by atoms with E-state index in [0.29, 0.717) is 5.56 Å². The van der Waals surface area contributed by atoms with E-state index in [1.807, 2.05) is 6.92 Å². The van der Waals surface area contributed by atoms with Crippen LogP contribution in [-0.4, -0.2) is 13.5 Å². The summed E-state index contributed by atoms with van der Waals surface area (Å²) in [6.07, 6.45) is 0. The molecule has 0 heterocycles. The number of anilines is 1. The van der Waals surface area contributed by atoms with E-state index in [9.17, 15) is 13.5 Å².